The third kappa shape index (κ3) is 4.63. The predicted molar refractivity (Wildman–Crippen MR) is 140 cm³/mol. The molecule has 0 spiro atoms. The van der Waals surface area contributed by atoms with Crippen LogP contribution in [0.5, 0.6) is 0 Å². The van der Waals surface area contributed by atoms with E-state index in [1.54, 1.807) is 29.1 Å². The third-order valence-corrected chi connectivity index (χ3v) is 6.98. The smallest absolute Gasteiger partial charge is 0.255 e. The lowest BCUT2D eigenvalue weighted by Gasteiger charge is -2.22. The number of ether oxygens (including phenoxy) is 1. The molecule has 38 heavy (non-hydrogen) atoms. The van der Waals surface area contributed by atoms with Crippen LogP contribution < -0.4 is 11.1 Å². The fourth-order valence-corrected chi connectivity index (χ4v) is 5.08. The average molecular weight is 520 g/mol. The van der Waals surface area contributed by atoms with Crippen molar-refractivity contribution >= 4 is 28.7 Å². The molecule has 0 radical (unpaired) electrons. The van der Waals surface area contributed by atoms with Crippen molar-refractivity contribution in [2.24, 2.45) is 5.73 Å². The number of halogens is 1. The van der Waals surface area contributed by atoms with Gasteiger partial charge in [-0.2, -0.15) is 5.10 Å². The van der Waals surface area contributed by atoms with Crippen LogP contribution in [0.4, 0.5) is 10.2 Å². The van der Waals surface area contributed by atoms with Gasteiger partial charge in [-0.1, -0.05) is 12.5 Å². The minimum atomic E-state index is -0.707. The van der Waals surface area contributed by atoms with E-state index in [4.69, 9.17) is 10.5 Å². The summed E-state index contributed by atoms with van der Waals surface area (Å²) in [6.45, 7) is 6.67. The molecule has 2 amide bonds. The number of hydrogen-bond donors (Lipinski definition) is 2. The number of carbonyl (C=O) groups is 2. The fraction of sp³-hybridized carbons (Fsp3) is 0.407. The van der Waals surface area contributed by atoms with Crippen LogP contribution in [-0.2, 0) is 9.53 Å². The Hall–Kier alpha value is -4.17. The first-order valence-electron chi connectivity index (χ1n) is 12.6. The molecule has 2 fully saturated rings. The number of fused-ring (bicyclic) bond motifs is 1. The van der Waals surface area contributed by atoms with Gasteiger partial charge in [0.25, 0.3) is 5.91 Å². The highest BCUT2D eigenvalue weighted by atomic mass is 19.1. The summed E-state index contributed by atoms with van der Waals surface area (Å²) < 4.78 is 24.0. The van der Waals surface area contributed by atoms with Gasteiger partial charge in [0.2, 0.25) is 5.91 Å². The molecule has 1 saturated heterocycles. The normalized spacial score (nSPS) is 18.9. The molecule has 1 saturated carbocycles. The molecule has 2 aliphatic rings. The van der Waals surface area contributed by atoms with Gasteiger partial charge in [-0.25, -0.2) is 14.1 Å². The number of nitrogens with one attached hydrogen (secondary N) is 1. The number of rotatable bonds is 8. The fourth-order valence-electron chi connectivity index (χ4n) is 5.08. The number of nitrogens with zero attached hydrogens (tertiary/aromatic N) is 5. The first-order chi connectivity index (χ1) is 18.4. The van der Waals surface area contributed by atoms with E-state index in [9.17, 15) is 9.59 Å². The number of aromatic nitrogens is 4. The summed E-state index contributed by atoms with van der Waals surface area (Å²) in [6, 6.07) is 2.98. The maximum Gasteiger partial charge on any atom is 0.255 e. The Labute approximate surface area is 219 Å². The Bertz CT molecular complexity index is 1480. The van der Waals surface area contributed by atoms with Crippen LogP contribution in [0, 0.1) is 17.7 Å². The maximum atomic E-state index is 15.0. The number of methoxy groups -OCH3 is 1. The van der Waals surface area contributed by atoms with E-state index in [1.165, 1.54) is 12.1 Å². The highest BCUT2D eigenvalue weighted by Crippen LogP contribution is 2.37. The molecule has 11 heteroatoms. The molecule has 0 bridgehead atoms. The summed E-state index contributed by atoms with van der Waals surface area (Å²) in [5, 5.41) is 7.79. The molecule has 2 aromatic heterocycles. The Morgan fingerprint density at radius 1 is 1.32 bits per heavy atom. The van der Waals surface area contributed by atoms with Gasteiger partial charge in [-0.05, 0) is 44.2 Å². The molecule has 5 rings (SSSR count). The van der Waals surface area contributed by atoms with Crippen molar-refractivity contribution in [3.8, 4) is 11.8 Å². The Morgan fingerprint density at radius 2 is 2.11 bits per heavy atom. The van der Waals surface area contributed by atoms with E-state index in [0.717, 1.165) is 18.4 Å². The van der Waals surface area contributed by atoms with Crippen molar-refractivity contribution in [3.63, 3.8) is 0 Å². The molecule has 3 aromatic rings. The Balaban J connectivity index is 1.53. The van der Waals surface area contributed by atoms with Crippen molar-refractivity contribution in [2.75, 3.05) is 32.1 Å². The highest BCUT2D eigenvalue weighted by molar-refractivity contribution is 6.00. The summed E-state index contributed by atoms with van der Waals surface area (Å²) in [5.41, 5.74) is 7.54. The maximum absolute atomic E-state index is 15.0. The monoisotopic (exact) mass is 519 g/mol. The summed E-state index contributed by atoms with van der Waals surface area (Å²) in [4.78, 5) is 31.1. The van der Waals surface area contributed by atoms with Crippen molar-refractivity contribution in [3.05, 3.63) is 53.8 Å². The summed E-state index contributed by atoms with van der Waals surface area (Å²) in [7, 11) is 1.58. The Kier molecular flexibility index (Phi) is 6.91. The predicted octanol–water partition coefficient (Wildman–Crippen LogP) is 2.61. The molecular weight excluding hydrogens is 489 g/mol. The lowest BCUT2D eigenvalue weighted by Crippen LogP contribution is -2.37. The zero-order valence-corrected chi connectivity index (χ0v) is 21.4. The van der Waals surface area contributed by atoms with E-state index >= 15 is 4.39 Å². The van der Waals surface area contributed by atoms with Crippen LogP contribution in [0.1, 0.15) is 59.9 Å². The van der Waals surface area contributed by atoms with E-state index in [2.05, 4.69) is 33.8 Å². The topological polar surface area (TPSA) is 120 Å². The zero-order chi connectivity index (χ0) is 27.0. The van der Waals surface area contributed by atoms with Gasteiger partial charge >= 0.3 is 0 Å². The lowest BCUT2D eigenvalue weighted by atomic mass is 10.1. The summed E-state index contributed by atoms with van der Waals surface area (Å²) in [5.74, 6) is 4.71. The number of amides is 2. The molecular formula is C27H30FN7O3. The second-order valence-electron chi connectivity index (χ2n) is 9.56. The third-order valence-electron chi connectivity index (χ3n) is 6.98. The molecule has 2 atom stereocenters. The molecule has 3 N–H and O–H groups in total. The highest BCUT2D eigenvalue weighted by Gasteiger charge is 2.38. The first kappa shape index (κ1) is 25.5. The van der Waals surface area contributed by atoms with E-state index < -0.39 is 11.7 Å². The van der Waals surface area contributed by atoms with Crippen molar-refractivity contribution in [1.82, 2.24) is 24.2 Å². The van der Waals surface area contributed by atoms with Crippen LogP contribution in [0.2, 0.25) is 0 Å². The zero-order valence-electron chi connectivity index (χ0n) is 21.4. The SMILES string of the molecule is C=CC(=O)N1C[C@@H](n2nc(C#Cc3cc4ncn(C5CC5)c4cc3F)c(C(N)=O)c2NCC)C[C@@H]1COC. The number of imidazole rings is 1. The van der Waals surface area contributed by atoms with Crippen LogP contribution in [0.15, 0.2) is 31.1 Å². The quantitative estimate of drug-likeness (QED) is 0.349. The van der Waals surface area contributed by atoms with Crippen LogP contribution >= 0.6 is 0 Å². The van der Waals surface area contributed by atoms with Crippen molar-refractivity contribution in [1.29, 1.82) is 0 Å². The van der Waals surface area contributed by atoms with Gasteiger partial charge in [-0.3, -0.25) is 9.59 Å². The van der Waals surface area contributed by atoms with Gasteiger partial charge in [-0.15, -0.1) is 0 Å². The number of nitrogens with two attached hydrogens (primary N) is 1. The largest absolute Gasteiger partial charge is 0.383 e. The molecule has 1 aromatic carbocycles. The van der Waals surface area contributed by atoms with E-state index in [0.29, 0.717) is 43.5 Å². The van der Waals surface area contributed by atoms with E-state index in [1.807, 2.05) is 11.5 Å². The van der Waals surface area contributed by atoms with Gasteiger partial charge < -0.3 is 25.3 Å². The van der Waals surface area contributed by atoms with E-state index in [-0.39, 0.29) is 34.8 Å². The average Bonchev–Trinajstić information content (AvgIpc) is 3.36. The van der Waals surface area contributed by atoms with Crippen LogP contribution in [-0.4, -0.2) is 68.9 Å². The molecule has 10 nitrogen and oxygen atoms in total. The van der Waals surface area contributed by atoms with Gasteiger partial charge in [0.15, 0.2) is 5.69 Å². The van der Waals surface area contributed by atoms with Crippen molar-refractivity contribution < 1.29 is 18.7 Å². The summed E-state index contributed by atoms with van der Waals surface area (Å²) >= 11 is 0. The Morgan fingerprint density at radius 3 is 2.76 bits per heavy atom. The van der Waals surface area contributed by atoms with Crippen LogP contribution in [0.3, 0.4) is 0 Å². The van der Waals surface area contributed by atoms with Gasteiger partial charge in [0.1, 0.15) is 17.2 Å². The van der Waals surface area contributed by atoms with Gasteiger partial charge in [0, 0.05) is 32.3 Å². The number of carbonyl (C=O) groups excluding carboxylic acids is 2. The molecule has 3 heterocycles. The minimum absolute atomic E-state index is 0.121. The molecule has 1 aliphatic carbocycles. The lowest BCUT2D eigenvalue weighted by molar-refractivity contribution is -0.127. The van der Waals surface area contributed by atoms with Crippen LogP contribution in [0.25, 0.3) is 11.0 Å². The number of benzene rings is 1. The van der Waals surface area contributed by atoms with Crippen molar-refractivity contribution in [2.45, 2.75) is 44.3 Å². The second-order valence-corrected chi connectivity index (χ2v) is 9.56. The van der Waals surface area contributed by atoms with Gasteiger partial charge in [0.05, 0.1) is 41.6 Å². The second kappa shape index (κ2) is 10.3. The summed E-state index contributed by atoms with van der Waals surface area (Å²) in [6.07, 6.45) is 5.67. The number of hydrogen-bond acceptors (Lipinski definition) is 6. The number of likely N-dealkylation sites (tertiary alicyclic amines) is 1. The molecule has 1 aliphatic heterocycles. The standard InChI is InChI=1S/C27H30FN7O3/c1-4-24(36)33-13-18(11-19(33)14-38-3)35-27(30-5-2)25(26(29)37)21(32-35)9-6-16-10-22-23(12-20(16)28)34(15-31-22)17-7-8-17/h4,10,12,15,17-19,30H,1,5,7-8,11,13-14H2,2-3H3,(H2,29,37)/t18-,19+/m0/s1. The number of primary amides is 1. The minimum Gasteiger partial charge on any atom is -0.383 e. The first-order valence-corrected chi connectivity index (χ1v) is 12.6. The molecule has 0 unspecified atom stereocenters. The number of anilines is 1. The molecule has 198 valence electrons.